The van der Waals surface area contributed by atoms with E-state index in [0.29, 0.717) is 77.4 Å². The number of nitrogens with zero attached hydrogens (tertiary/aromatic N) is 11. The SMILES string of the molecule is Cc1c(C(=O)CN2C3CCC2CC(O)C3)c2ccc(CCC3=NCCN3C)cc2n1-c1ccc(Cl)cc1.Cc1c(C(=O)CN2C3CCC2CC(O)C3)c2ccc(CCC3=NCCN3C)cc2n1-c1ccc(Cl)cc1.Cc1c(C(=O)CN2C3CCC2CC3)c2ccc(CC#N)cc2n1-c1ccc(Cl)cc1. The zero-order valence-corrected chi connectivity index (χ0v) is 62.7. The van der Waals surface area contributed by atoms with E-state index in [-0.39, 0.29) is 29.6 Å². The molecule has 104 heavy (non-hydrogen) atoms. The fraction of sp³-hybridized carbons (Fsp3) is 0.435. The van der Waals surface area contributed by atoms with Gasteiger partial charge in [0.05, 0.1) is 85.6 Å². The Labute approximate surface area is 625 Å². The number of ketones is 3. The summed E-state index contributed by atoms with van der Waals surface area (Å²) in [6.07, 6.45) is 15.8. The van der Waals surface area contributed by atoms with E-state index >= 15 is 0 Å². The van der Waals surface area contributed by atoms with Crippen molar-refractivity contribution in [3.05, 3.63) is 193 Å². The number of piperidine rings is 2. The van der Waals surface area contributed by atoms with E-state index in [4.69, 9.17) is 40.1 Å². The highest BCUT2D eigenvalue weighted by Crippen LogP contribution is 2.42. The maximum Gasteiger partial charge on any atom is 0.179 e. The monoisotopic (exact) mass is 1450 g/mol. The Hall–Kier alpha value is -7.95. The van der Waals surface area contributed by atoms with Crippen LogP contribution in [0, 0.1) is 32.1 Å². The molecule has 2 N–H and O–H groups in total. The first kappa shape index (κ1) is 71.7. The number of carbonyl (C=O) groups excluding carboxylic acids is 3. The molecule has 0 radical (unpaired) electrons. The number of hydrogen-bond donors (Lipinski definition) is 2. The van der Waals surface area contributed by atoms with Crippen molar-refractivity contribution in [2.24, 2.45) is 9.98 Å². The lowest BCUT2D eigenvalue weighted by atomic mass is 9.98. The molecule has 17 rings (SSSR count). The normalized spacial score (nSPS) is 22.9. The number of benzene rings is 6. The molecule has 0 amide bonds. The second kappa shape index (κ2) is 30.5. The number of carbonyl (C=O) groups is 3. The van der Waals surface area contributed by atoms with Gasteiger partial charge in [0.2, 0.25) is 0 Å². The van der Waals surface area contributed by atoms with Crippen molar-refractivity contribution in [1.82, 2.24) is 38.2 Å². The lowest BCUT2D eigenvalue weighted by Gasteiger charge is -2.36. The van der Waals surface area contributed by atoms with Crippen LogP contribution in [0.1, 0.15) is 155 Å². The molecule has 0 saturated carbocycles. The highest BCUT2D eigenvalue weighted by atomic mass is 35.5. The molecule has 4 unspecified atom stereocenters. The first-order chi connectivity index (χ1) is 50.3. The van der Waals surface area contributed by atoms with Gasteiger partial charge in [-0.3, -0.25) is 39.1 Å². The van der Waals surface area contributed by atoms with Crippen LogP contribution in [0.5, 0.6) is 0 Å². The van der Waals surface area contributed by atoms with Gasteiger partial charge in [-0.1, -0.05) is 71.2 Å². The van der Waals surface area contributed by atoms with Crippen molar-refractivity contribution in [2.75, 3.05) is 59.9 Å². The molecular formula is C85H94Cl3N11O5. The lowest BCUT2D eigenvalue weighted by Crippen LogP contribution is -2.46. The van der Waals surface area contributed by atoms with E-state index in [9.17, 15) is 24.6 Å². The number of Topliss-reactive ketones (excluding diaryl/α,β-unsaturated/α-hetero) is 3. The average Bonchev–Trinajstić information content (AvgIpc) is 1.61. The van der Waals surface area contributed by atoms with Gasteiger partial charge in [-0.05, 0) is 218 Å². The third-order valence-corrected chi connectivity index (χ3v) is 24.9. The van der Waals surface area contributed by atoms with E-state index in [2.05, 4.69) is 119 Å². The van der Waals surface area contributed by atoms with Crippen molar-refractivity contribution in [3.63, 3.8) is 0 Å². The van der Waals surface area contributed by atoms with Crippen molar-refractivity contribution in [1.29, 1.82) is 5.26 Å². The Morgan fingerprint density at radius 2 is 0.731 bits per heavy atom. The van der Waals surface area contributed by atoms with Gasteiger partial charge in [0, 0.05) is 158 Å². The summed E-state index contributed by atoms with van der Waals surface area (Å²) in [6, 6.07) is 47.1. The number of amidine groups is 2. The number of aryl methyl sites for hydroxylation is 2. The van der Waals surface area contributed by atoms with Crippen molar-refractivity contribution in [3.8, 4) is 23.1 Å². The third kappa shape index (κ3) is 14.4. The van der Waals surface area contributed by atoms with Crippen LogP contribution >= 0.6 is 34.8 Å². The molecule has 3 aromatic heterocycles. The van der Waals surface area contributed by atoms with Crippen LogP contribution in [-0.2, 0) is 19.3 Å². The number of aliphatic hydroxyl groups is 2. The summed E-state index contributed by atoms with van der Waals surface area (Å²) in [5.74, 6) is 2.86. The maximum absolute atomic E-state index is 13.9. The Morgan fingerprint density at radius 3 is 1.04 bits per heavy atom. The zero-order chi connectivity index (χ0) is 72.2. The van der Waals surface area contributed by atoms with Crippen molar-refractivity contribution >= 4 is 96.5 Å². The summed E-state index contributed by atoms with van der Waals surface area (Å²) in [5, 5.41) is 34.6. The van der Waals surface area contributed by atoms with Gasteiger partial charge in [-0.25, -0.2) is 0 Å². The molecule has 4 atom stereocenters. The lowest BCUT2D eigenvalue weighted by molar-refractivity contribution is 0.0344. The van der Waals surface area contributed by atoms with Gasteiger partial charge >= 0.3 is 0 Å². The first-order valence-electron chi connectivity index (χ1n) is 37.6. The van der Waals surface area contributed by atoms with E-state index < -0.39 is 0 Å². The van der Waals surface area contributed by atoms with E-state index in [1.165, 1.54) is 48.5 Å². The molecule has 6 bridgehead atoms. The minimum absolute atomic E-state index is 0.165. The van der Waals surface area contributed by atoms with E-state index in [1.807, 2.05) is 97.9 Å². The summed E-state index contributed by atoms with van der Waals surface area (Å²) < 4.78 is 6.53. The predicted octanol–water partition coefficient (Wildman–Crippen LogP) is 15.5. The van der Waals surface area contributed by atoms with E-state index in [1.54, 1.807) is 0 Å². The molecule has 8 aliphatic rings. The molecule has 8 aliphatic heterocycles. The smallest absolute Gasteiger partial charge is 0.179 e. The van der Waals surface area contributed by atoms with Crippen LogP contribution in [-0.4, -0.2) is 186 Å². The van der Waals surface area contributed by atoms with Gasteiger partial charge in [0.15, 0.2) is 17.3 Å². The van der Waals surface area contributed by atoms with Crippen molar-refractivity contribution < 1.29 is 24.6 Å². The Balaban J connectivity index is 0.000000126. The molecule has 0 spiro atoms. The number of aromatic nitrogens is 3. The Kier molecular flexibility index (Phi) is 21.0. The number of aliphatic hydroxyl groups excluding tert-OH is 2. The number of hydrogen-bond acceptors (Lipinski definition) is 13. The number of fused-ring (bicyclic) bond motifs is 9. The van der Waals surface area contributed by atoms with Crippen LogP contribution in [0.25, 0.3) is 49.8 Å². The standard InChI is InChI=1S/2C30H35ClN4O2.C25H24ClN3O/c2*1-19-30(28(37)18-34-23-9-10-24(34)17-25(36)16-23)26-11-3-20(4-12-29-32-13-14-33(29)2)15-27(26)35(19)22-7-5-21(31)6-8-22;1-16-25(24(30)15-28-19-7-8-20(28)10-9-19)22-11-2-17(12-13-27)14-23(22)29(16)21-5-3-18(26)4-6-21/h2*3,5-8,11,15,23-25,36H,4,9-10,12-14,16-18H2,1-2H3;2-6,11,14,19-20H,7-10,12,15H2,1H3. The molecule has 19 heteroatoms. The van der Waals surface area contributed by atoms with Crippen LogP contribution in [0.4, 0.5) is 0 Å². The number of rotatable bonds is 19. The largest absolute Gasteiger partial charge is 0.393 e. The summed E-state index contributed by atoms with van der Waals surface area (Å²) in [4.78, 5) is 62.3. The minimum atomic E-state index is -0.231. The molecular weight excluding hydrogens is 1360 g/mol. The summed E-state index contributed by atoms with van der Waals surface area (Å²) in [6.45, 7) is 11.2. The molecule has 0 aliphatic carbocycles. The van der Waals surface area contributed by atoms with Crippen LogP contribution in [0.15, 0.2) is 137 Å². The second-order valence-electron chi connectivity index (χ2n) is 30.4. The summed E-state index contributed by atoms with van der Waals surface area (Å²) in [5.41, 5.74) is 14.8. The minimum Gasteiger partial charge on any atom is -0.393 e. The number of nitriles is 1. The first-order valence-corrected chi connectivity index (χ1v) is 38.8. The molecule has 6 fully saturated rings. The molecule has 9 aromatic rings. The van der Waals surface area contributed by atoms with Crippen LogP contribution in [0.3, 0.4) is 0 Å². The Morgan fingerprint density at radius 1 is 0.433 bits per heavy atom. The molecule has 540 valence electrons. The molecule has 6 saturated heterocycles. The quantitative estimate of drug-likeness (QED) is 0.0738. The average molecular weight is 1460 g/mol. The predicted molar refractivity (Wildman–Crippen MR) is 418 cm³/mol. The van der Waals surface area contributed by atoms with E-state index in [0.717, 1.165) is 192 Å². The second-order valence-corrected chi connectivity index (χ2v) is 31.7. The molecule has 6 aromatic carbocycles. The fourth-order valence-electron chi connectivity index (χ4n) is 18.9. The fourth-order valence-corrected chi connectivity index (χ4v) is 19.3. The van der Waals surface area contributed by atoms with Gasteiger partial charge in [-0.15, -0.1) is 0 Å². The molecule has 11 heterocycles. The maximum atomic E-state index is 13.9. The summed E-state index contributed by atoms with van der Waals surface area (Å²) in [7, 11) is 4.22. The number of aliphatic imine (C=N–C) groups is 2. The zero-order valence-electron chi connectivity index (χ0n) is 60.4. The highest BCUT2D eigenvalue weighted by Gasteiger charge is 2.44. The summed E-state index contributed by atoms with van der Waals surface area (Å²) >= 11 is 18.5. The molecule has 16 nitrogen and oxygen atoms in total. The number of likely N-dealkylation sites (N-methyl/N-ethyl adjacent to an activating group) is 2. The van der Waals surface area contributed by atoms with Gasteiger partial charge in [0.1, 0.15) is 0 Å². The Bertz CT molecular complexity index is 4600. The van der Waals surface area contributed by atoms with Gasteiger partial charge in [0.25, 0.3) is 0 Å². The van der Waals surface area contributed by atoms with Crippen LogP contribution < -0.4 is 0 Å². The van der Waals surface area contributed by atoms with Crippen molar-refractivity contribution in [2.45, 2.75) is 178 Å². The van der Waals surface area contributed by atoms with Gasteiger partial charge < -0.3 is 33.7 Å². The topological polar surface area (TPSA) is 171 Å². The van der Waals surface area contributed by atoms with Gasteiger partial charge in [-0.2, -0.15) is 5.26 Å². The van der Waals surface area contributed by atoms with Crippen LogP contribution in [0.2, 0.25) is 15.1 Å². The number of halogens is 3. The highest BCUT2D eigenvalue weighted by molar-refractivity contribution is 6.31. The third-order valence-electron chi connectivity index (χ3n) is 24.1.